The third-order valence-electron chi connectivity index (χ3n) is 4.90. The molecule has 3 aromatic rings. The molecule has 1 aliphatic rings. The van der Waals surface area contributed by atoms with Crippen LogP contribution in [0.4, 0.5) is 0 Å². The SMILES string of the molecule is Cc1cc(-n2cccn2)ccc1CN1CCn2nc([C@@H](O)CO)cc2C1. The second kappa shape index (κ2) is 7.03. The van der Waals surface area contributed by atoms with Crippen molar-refractivity contribution in [3.8, 4) is 5.69 Å². The minimum atomic E-state index is -0.904. The highest BCUT2D eigenvalue weighted by Crippen LogP contribution is 2.21. The third kappa shape index (κ3) is 3.29. The van der Waals surface area contributed by atoms with Gasteiger partial charge in [0.15, 0.2) is 0 Å². The van der Waals surface area contributed by atoms with Crippen molar-refractivity contribution in [1.82, 2.24) is 24.5 Å². The standard InChI is InChI=1S/C19H23N5O2/c1-14-9-16(23-6-2-5-20-23)4-3-15(14)11-22-7-8-24-17(12-22)10-18(21-24)19(26)13-25/h2-6,9-10,19,25-26H,7-8,11-13H2,1H3/t19-/m0/s1. The Labute approximate surface area is 152 Å². The summed E-state index contributed by atoms with van der Waals surface area (Å²) in [5, 5.41) is 27.5. The lowest BCUT2D eigenvalue weighted by Gasteiger charge is -2.28. The van der Waals surface area contributed by atoms with Crippen molar-refractivity contribution in [2.75, 3.05) is 13.2 Å². The van der Waals surface area contributed by atoms with Crippen molar-refractivity contribution >= 4 is 0 Å². The van der Waals surface area contributed by atoms with E-state index in [0.717, 1.165) is 37.6 Å². The van der Waals surface area contributed by atoms with Gasteiger partial charge in [0.05, 0.1) is 30.2 Å². The summed E-state index contributed by atoms with van der Waals surface area (Å²) in [5.74, 6) is 0. The number of aliphatic hydroxyl groups is 2. The van der Waals surface area contributed by atoms with Gasteiger partial charge in [-0.1, -0.05) is 6.07 Å². The Hall–Kier alpha value is -2.48. The van der Waals surface area contributed by atoms with Crippen molar-refractivity contribution in [2.24, 2.45) is 0 Å². The number of rotatable bonds is 5. The van der Waals surface area contributed by atoms with Crippen LogP contribution in [0.25, 0.3) is 5.69 Å². The second-order valence-corrected chi connectivity index (χ2v) is 6.75. The first-order chi connectivity index (χ1) is 12.6. The first-order valence-corrected chi connectivity index (χ1v) is 8.81. The lowest BCUT2D eigenvalue weighted by Crippen LogP contribution is -2.33. The van der Waals surface area contributed by atoms with E-state index in [-0.39, 0.29) is 6.61 Å². The van der Waals surface area contributed by atoms with Gasteiger partial charge in [0.1, 0.15) is 6.10 Å². The van der Waals surface area contributed by atoms with Crippen LogP contribution < -0.4 is 0 Å². The first kappa shape index (κ1) is 17.0. The highest BCUT2D eigenvalue weighted by molar-refractivity contribution is 5.39. The van der Waals surface area contributed by atoms with E-state index in [0.29, 0.717) is 5.69 Å². The lowest BCUT2D eigenvalue weighted by molar-refractivity contribution is 0.0915. The predicted octanol–water partition coefficient (Wildman–Crippen LogP) is 1.42. The monoisotopic (exact) mass is 353 g/mol. The maximum atomic E-state index is 9.77. The average molecular weight is 353 g/mol. The molecule has 26 heavy (non-hydrogen) atoms. The van der Waals surface area contributed by atoms with Gasteiger partial charge in [0.2, 0.25) is 0 Å². The summed E-state index contributed by atoms with van der Waals surface area (Å²) in [7, 11) is 0. The van der Waals surface area contributed by atoms with E-state index < -0.39 is 6.10 Å². The van der Waals surface area contributed by atoms with Gasteiger partial charge in [-0.25, -0.2) is 4.68 Å². The number of fused-ring (bicyclic) bond motifs is 1. The van der Waals surface area contributed by atoms with E-state index >= 15 is 0 Å². The number of hydrogen-bond acceptors (Lipinski definition) is 5. The summed E-state index contributed by atoms with van der Waals surface area (Å²) in [6.07, 6.45) is 2.82. The van der Waals surface area contributed by atoms with Crippen LogP contribution in [0.15, 0.2) is 42.7 Å². The molecule has 3 heterocycles. The molecule has 0 saturated carbocycles. The molecule has 0 spiro atoms. The molecule has 0 unspecified atom stereocenters. The summed E-state index contributed by atoms with van der Waals surface area (Å²) < 4.78 is 3.79. The maximum absolute atomic E-state index is 9.77. The van der Waals surface area contributed by atoms with Gasteiger partial charge in [0.25, 0.3) is 0 Å². The number of nitrogens with zero attached hydrogens (tertiary/aromatic N) is 5. The molecule has 2 N–H and O–H groups in total. The Morgan fingerprint density at radius 2 is 2.12 bits per heavy atom. The van der Waals surface area contributed by atoms with Crippen LogP contribution in [-0.4, -0.2) is 47.8 Å². The van der Waals surface area contributed by atoms with Gasteiger partial charge < -0.3 is 10.2 Å². The zero-order valence-electron chi connectivity index (χ0n) is 14.8. The topological polar surface area (TPSA) is 79.3 Å². The normalized spacial score (nSPS) is 15.8. The van der Waals surface area contributed by atoms with Gasteiger partial charge >= 0.3 is 0 Å². The Morgan fingerprint density at radius 1 is 1.23 bits per heavy atom. The van der Waals surface area contributed by atoms with Gasteiger partial charge in [-0.05, 0) is 42.3 Å². The average Bonchev–Trinajstić information content (AvgIpc) is 3.32. The van der Waals surface area contributed by atoms with Crippen LogP contribution in [0.1, 0.15) is 28.6 Å². The van der Waals surface area contributed by atoms with Crippen molar-refractivity contribution in [3.63, 3.8) is 0 Å². The van der Waals surface area contributed by atoms with E-state index in [2.05, 4.69) is 40.2 Å². The molecule has 0 fully saturated rings. The second-order valence-electron chi connectivity index (χ2n) is 6.75. The molecule has 0 bridgehead atoms. The van der Waals surface area contributed by atoms with E-state index in [1.54, 1.807) is 6.20 Å². The van der Waals surface area contributed by atoms with Crippen molar-refractivity contribution in [3.05, 3.63) is 65.2 Å². The van der Waals surface area contributed by atoms with Crippen molar-refractivity contribution < 1.29 is 10.2 Å². The van der Waals surface area contributed by atoms with Crippen LogP contribution in [-0.2, 0) is 19.6 Å². The molecule has 1 aromatic carbocycles. The van der Waals surface area contributed by atoms with E-state index in [4.69, 9.17) is 5.11 Å². The molecule has 0 aliphatic carbocycles. The Morgan fingerprint density at radius 3 is 2.85 bits per heavy atom. The molecule has 0 radical (unpaired) electrons. The largest absolute Gasteiger partial charge is 0.393 e. The fraction of sp³-hybridized carbons (Fsp3) is 0.368. The summed E-state index contributed by atoms with van der Waals surface area (Å²) in [6.45, 7) is 5.18. The molecule has 136 valence electrons. The minimum Gasteiger partial charge on any atom is -0.393 e. The number of aliphatic hydroxyl groups excluding tert-OH is 2. The minimum absolute atomic E-state index is 0.304. The van der Waals surface area contributed by atoms with Gasteiger partial charge in [-0.3, -0.25) is 9.58 Å². The molecule has 0 saturated heterocycles. The molecule has 7 heteroatoms. The highest BCUT2D eigenvalue weighted by atomic mass is 16.3. The zero-order chi connectivity index (χ0) is 18.1. The van der Waals surface area contributed by atoms with Gasteiger partial charge in [0, 0.05) is 32.0 Å². The van der Waals surface area contributed by atoms with Crippen LogP contribution in [0.3, 0.4) is 0 Å². The molecular weight excluding hydrogens is 330 g/mol. The zero-order valence-corrected chi connectivity index (χ0v) is 14.8. The lowest BCUT2D eigenvalue weighted by atomic mass is 10.1. The molecule has 0 amide bonds. The van der Waals surface area contributed by atoms with E-state index in [1.807, 2.05) is 27.7 Å². The first-order valence-electron chi connectivity index (χ1n) is 8.81. The molecule has 4 rings (SSSR count). The quantitative estimate of drug-likeness (QED) is 0.725. The smallest absolute Gasteiger partial charge is 0.121 e. The Bertz CT molecular complexity index is 887. The summed E-state index contributed by atoms with van der Waals surface area (Å²) >= 11 is 0. The van der Waals surface area contributed by atoms with Gasteiger partial charge in [-0.2, -0.15) is 10.2 Å². The predicted molar refractivity (Wildman–Crippen MR) is 96.7 cm³/mol. The van der Waals surface area contributed by atoms with E-state index in [1.165, 1.54) is 11.1 Å². The molecule has 1 atom stereocenters. The van der Waals surface area contributed by atoms with Crippen LogP contribution in [0.2, 0.25) is 0 Å². The molecule has 7 nitrogen and oxygen atoms in total. The number of aryl methyl sites for hydroxylation is 1. The molecule has 1 aliphatic heterocycles. The summed E-state index contributed by atoms with van der Waals surface area (Å²) in [4.78, 5) is 2.38. The molecular formula is C19H23N5O2. The van der Waals surface area contributed by atoms with Crippen molar-refractivity contribution in [1.29, 1.82) is 0 Å². The number of aromatic nitrogens is 4. The summed E-state index contributed by atoms with van der Waals surface area (Å²) in [5.41, 5.74) is 5.22. The van der Waals surface area contributed by atoms with Gasteiger partial charge in [-0.15, -0.1) is 0 Å². The summed E-state index contributed by atoms with van der Waals surface area (Å²) in [6, 6.07) is 10.2. The van der Waals surface area contributed by atoms with Crippen LogP contribution in [0.5, 0.6) is 0 Å². The third-order valence-corrected chi connectivity index (χ3v) is 4.90. The van der Waals surface area contributed by atoms with Crippen molar-refractivity contribution in [2.45, 2.75) is 32.7 Å². The number of benzene rings is 1. The number of hydrogen-bond donors (Lipinski definition) is 2. The highest BCUT2D eigenvalue weighted by Gasteiger charge is 2.21. The van der Waals surface area contributed by atoms with Crippen LogP contribution >= 0.6 is 0 Å². The maximum Gasteiger partial charge on any atom is 0.121 e. The Kier molecular flexibility index (Phi) is 4.58. The molecule has 2 aromatic heterocycles. The van der Waals surface area contributed by atoms with E-state index in [9.17, 15) is 5.11 Å². The fourth-order valence-electron chi connectivity index (χ4n) is 3.40. The Balaban J connectivity index is 1.47. The van der Waals surface area contributed by atoms with Crippen LogP contribution in [0, 0.1) is 6.92 Å². The fourth-order valence-corrected chi connectivity index (χ4v) is 3.40.